The number of nitrogens with one attached hydrogen (secondary N) is 1. The number of hydrogen-bond acceptors (Lipinski definition) is 4. The van der Waals surface area contributed by atoms with Gasteiger partial charge in [-0.2, -0.15) is 0 Å². The van der Waals surface area contributed by atoms with Crippen molar-refractivity contribution >= 4 is 0 Å². The molecule has 0 bridgehead atoms. The molecule has 0 spiro atoms. The van der Waals surface area contributed by atoms with E-state index in [4.69, 9.17) is 4.74 Å². The van der Waals surface area contributed by atoms with Crippen LogP contribution in [0.5, 0.6) is 5.75 Å². The quantitative estimate of drug-likeness (QED) is 0.831. The van der Waals surface area contributed by atoms with Crippen LogP contribution in [-0.4, -0.2) is 63.7 Å². The maximum atomic E-state index is 5.49. The predicted octanol–water partition coefficient (Wildman–Crippen LogP) is 1.98. The molecule has 1 aromatic rings. The minimum atomic E-state index is 0.290. The smallest absolute Gasteiger partial charge is 0.123 e. The zero-order valence-corrected chi connectivity index (χ0v) is 13.8. The third kappa shape index (κ3) is 4.19. The van der Waals surface area contributed by atoms with Gasteiger partial charge in [-0.15, -0.1) is 0 Å². The minimum absolute atomic E-state index is 0.290. The number of benzene rings is 1. The molecule has 0 aromatic heterocycles. The Bertz CT molecular complexity index is 438. The molecule has 0 amide bonds. The molecule has 0 radical (unpaired) electrons. The molecule has 2 atom stereocenters. The largest absolute Gasteiger partial charge is 0.496 e. The molecule has 2 unspecified atom stereocenters. The summed E-state index contributed by atoms with van der Waals surface area (Å²) < 4.78 is 5.49. The molecule has 21 heavy (non-hydrogen) atoms. The van der Waals surface area contributed by atoms with E-state index in [1.165, 1.54) is 24.9 Å². The van der Waals surface area contributed by atoms with Gasteiger partial charge >= 0.3 is 0 Å². The van der Waals surface area contributed by atoms with Gasteiger partial charge in [0.1, 0.15) is 5.75 Å². The molecule has 1 fully saturated rings. The first-order valence-electron chi connectivity index (χ1n) is 7.84. The van der Waals surface area contributed by atoms with Crippen LogP contribution >= 0.6 is 0 Å². The Hall–Kier alpha value is -1.10. The van der Waals surface area contributed by atoms with Gasteiger partial charge in [0.25, 0.3) is 0 Å². The molecule has 0 saturated carbocycles. The van der Waals surface area contributed by atoms with Gasteiger partial charge in [-0.05, 0) is 46.6 Å². The fourth-order valence-corrected chi connectivity index (χ4v) is 3.26. The van der Waals surface area contributed by atoms with Gasteiger partial charge in [-0.25, -0.2) is 0 Å². The van der Waals surface area contributed by atoms with Crippen LogP contribution in [0.4, 0.5) is 0 Å². The van der Waals surface area contributed by atoms with Crippen molar-refractivity contribution < 1.29 is 4.74 Å². The lowest BCUT2D eigenvalue weighted by Gasteiger charge is -2.29. The highest BCUT2D eigenvalue weighted by atomic mass is 16.5. The SMILES string of the molecule is CNC(CN(C)CC1CCCN1C)c1ccccc1OC. The highest BCUT2D eigenvalue weighted by molar-refractivity contribution is 5.36. The molecular weight excluding hydrogens is 262 g/mol. The lowest BCUT2D eigenvalue weighted by atomic mass is 10.0. The molecule has 4 heteroatoms. The summed E-state index contributed by atoms with van der Waals surface area (Å²) in [6.45, 7) is 3.35. The lowest BCUT2D eigenvalue weighted by Crippen LogP contribution is -2.40. The number of methoxy groups -OCH3 is 1. The second-order valence-electron chi connectivity index (χ2n) is 6.08. The lowest BCUT2D eigenvalue weighted by molar-refractivity contribution is 0.207. The first-order valence-corrected chi connectivity index (χ1v) is 7.84. The summed E-state index contributed by atoms with van der Waals surface area (Å²) in [5.41, 5.74) is 1.23. The van der Waals surface area contributed by atoms with E-state index in [2.05, 4.69) is 41.3 Å². The molecule has 1 saturated heterocycles. The first kappa shape index (κ1) is 16.3. The average molecular weight is 291 g/mol. The normalized spacial score (nSPS) is 20.9. The van der Waals surface area contributed by atoms with Gasteiger partial charge < -0.3 is 19.9 Å². The van der Waals surface area contributed by atoms with Crippen molar-refractivity contribution in [2.45, 2.75) is 24.9 Å². The first-order chi connectivity index (χ1) is 10.2. The Labute approximate surface area is 129 Å². The van der Waals surface area contributed by atoms with E-state index in [0.717, 1.165) is 18.8 Å². The molecule has 0 aliphatic carbocycles. The summed E-state index contributed by atoms with van der Waals surface area (Å²) in [7, 11) is 8.21. The standard InChI is InChI=1S/C17H29N3O/c1-18-16(15-9-5-6-10-17(15)21-4)13-19(2)12-14-8-7-11-20(14)3/h5-6,9-10,14,16,18H,7-8,11-13H2,1-4H3. The van der Waals surface area contributed by atoms with Crippen LogP contribution in [0.25, 0.3) is 0 Å². The van der Waals surface area contributed by atoms with Gasteiger partial charge in [0.2, 0.25) is 0 Å². The van der Waals surface area contributed by atoms with Crippen molar-refractivity contribution in [3.05, 3.63) is 29.8 Å². The van der Waals surface area contributed by atoms with Crippen molar-refractivity contribution in [2.75, 3.05) is 47.9 Å². The van der Waals surface area contributed by atoms with Crippen molar-refractivity contribution in [2.24, 2.45) is 0 Å². The van der Waals surface area contributed by atoms with Crippen LogP contribution in [0, 0.1) is 0 Å². The molecule has 2 rings (SSSR count). The third-order valence-corrected chi connectivity index (χ3v) is 4.55. The monoisotopic (exact) mass is 291 g/mol. The summed E-state index contributed by atoms with van der Waals surface area (Å²) in [5, 5.41) is 3.42. The van der Waals surface area contributed by atoms with Crippen molar-refractivity contribution in [1.29, 1.82) is 0 Å². The molecule has 4 nitrogen and oxygen atoms in total. The Morgan fingerprint density at radius 3 is 2.81 bits per heavy atom. The van der Waals surface area contributed by atoms with Gasteiger partial charge in [0.05, 0.1) is 7.11 Å². The number of rotatable bonds is 7. The summed E-state index contributed by atoms with van der Waals surface area (Å²) in [5.74, 6) is 0.961. The number of likely N-dealkylation sites (N-methyl/N-ethyl adjacent to an activating group) is 3. The maximum absolute atomic E-state index is 5.49. The number of hydrogen-bond donors (Lipinski definition) is 1. The van der Waals surface area contributed by atoms with Crippen molar-refractivity contribution in [3.63, 3.8) is 0 Å². The Morgan fingerprint density at radius 2 is 2.19 bits per heavy atom. The number of likely N-dealkylation sites (tertiary alicyclic amines) is 1. The minimum Gasteiger partial charge on any atom is -0.496 e. The molecule has 1 N–H and O–H groups in total. The second kappa shape index (κ2) is 7.78. The van der Waals surface area contributed by atoms with Crippen LogP contribution < -0.4 is 10.1 Å². The van der Waals surface area contributed by atoms with Crippen molar-refractivity contribution in [3.8, 4) is 5.75 Å². The van der Waals surface area contributed by atoms with Gasteiger partial charge in [0, 0.05) is 30.7 Å². The van der Waals surface area contributed by atoms with E-state index in [0.29, 0.717) is 6.04 Å². The van der Waals surface area contributed by atoms with E-state index in [-0.39, 0.29) is 6.04 Å². The van der Waals surface area contributed by atoms with Gasteiger partial charge in [-0.1, -0.05) is 18.2 Å². The summed E-state index contributed by atoms with van der Waals surface area (Å²) in [6.07, 6.45) is 2.65. The van der Waals surface area contributed by atoms with Crippen LogP contribution in [0.15, 0.2) is 24.3 Å². The van der Waals surface area contributed by atoms with Gasteiger partial charge in [0.15, 0.2) is 0 Å². The van der Waals surface area contributed by atoms with E-state index >= 15 is 0 Å². The summed E-state index contributed by atoms with van der Waals surface area (Å²) in [4.78, 5) is 4.91. The van der Waals surface area contributed by atoms with Crippen molar-refractivity contribution in [1.82, 2.24) is 15.1 Å². The average Bonchev–Trinajstić information content (AvgIpc) is 2.90. The fourth-order valence-electron chi connectivity index (χ4n) is 3.26. The maximum Gasteiger partial charge on any atom is 0.123 e. The highest BCUT2D eigenvalue weighted by Gasteiger charge is 2.23. The Kier molecular flexibility index (Phi) is 6.03. The van der Waals surface area contributed by atoms with E-state index in [9.17, 15) is 0 Å². The van der Waals surface area contributed by atoms with E-state index < -0.39 is 0 Å². The van der Waals surface area contributed by atoms with E-state index in [1.807, 2.05) is 19.2 Å². The summed E-state index contributed by atoms with van der Waals surface area (Å²) >= 11 is 0. The predicted molar refractivity (Wildman–Crippen MR) is 87.9 cm³/mol. The molecule has 1 aromatic carbocycles. The molecule has 1 aliphatic rings. The van der Waals surface area contributed by atoms with Crippen LogP contribution in [0.1, 0.15) is 24.4 Å². The highest BCUT2D eigenvalue weighted by Crippen LogP contribution is 2.25. The van der Waals surface area contributed by atoms with Crippen LogP contribution in [0.3, 0.4) is 0 Å². The van der Waals surface area contributed by atoms with Gasteiger partial charge in [-0.3, -0.25) is 0 Å². The molecular formula is C17H29N3O. The number of para-hydroxylation sites is 1. The zero-order valence-electron chi connectivity index (χ0n) is 13.8. The van der Waals surface area contributed by atoms with Crippen LogP contribution in [-0.2, 0) is 0 Å². The Morgan fingerprint density at radius 1 is 1.43 bits per heavy atom. The van der Waals surface area contributed by atoms with Crippen LogP contribution in [0.2, 0.25) is 0 Å². The summed E-state index contributed by atoms with van der Waals surface area (Å²) in [6, 6.07) is 9.27. The molecule has 1 heterocycles. The third-order valence-electron chi connectivity index (χ3n) is 4.55. The molecule has 118 valence electrons. The second-order valence-corrected chi connectivity index (χ2v) is 6.08. The topological polar surface area (TPSA) is 27.7 Å². The Balaban J connectivity index is 1.98. The van der Waals surface area contributed by atoms with E-state index in [1.54, 1.807) is 7.11 Å². The number of ether oxygens (including phenoxy) is 1. The zero-order chi connectivity index (χ0) is 15.2. The fraction of sp³-hybridized carbons (Fsp3) is 0.647. The molecule has 1 aliphatic heterocycles. The number of nitrogens with zero attached hydrogens (tertiary/aromatic N) is 2.